The molecule has 0 saturated heterocycles. The number of hydrogen-bond acceptors (Lipinski definition) is 3. The van der Waals surface area contributed by atoms with Crippen molar-refractivity contribution in [2.45, 2.75) is 19.4 Å². The fourth-order valence-corrected chi connectivity index (χ4v) is 3.09. The minimum absolute atomic E-state index is 0.165. The summed E-state index contributed by atoms with van der Waals surface area (Å²) in [5.41, 5.74) is 9.76. The summed E-state index contributed by atoms with van der Waals surface area (Å²) in [7, 11) is 1.65. The van der Waals surface area contributed by atoms with Crippen molar-refractivity contribution in [3.8, 4) is 11.4 Å². The van der Waals surface area contributed by atoms with Crippen LogP contribution in [-0.2, 0) is 6.42 Å². The van der Waals surface area contributed by atoms with Gasteiger partial charge in [0.2, 0.25) is 0 Å². The van der Waals surface area contributed by atoms with Crippen LogP contribution in [0.3, 0.4) is 0 Å². The van der Waals surface area contributed by atoms with Crippen molar-refractivity contribution in [1.29, 1.82) is 0 Å². The van der Waals surface area contributed by atoms with Gasteiger partial charge in [-0.05, 0) is 48.9 Å². The fraction of sp³-hybridized carbons (Fsp3) is 0.211. The highest BCUT2D eigenvalue weighted by Gasteiger charge is 2.15. The fourth-order valence-electron chi connectivity index (χ4n) is 2.60. The number of hydrogen-bond donors (Lipinski definition) is 1. The van der Waals surface area contributed by atoms with Gasteiger partial charge in [0, 0.05) is 23.2 Å². The Labute approximate surface area is 157 Å². The first-order valence-corrected chi connectivity index (χ1v) is 8.66. The van der Waals surface area contributed by atoms with E-state index in [1.54, 1.807) is 19.2 Å². The Balaban J connectivity index is 2.02. The monoisotopic (exact) mass is 375 g/mol. The molecule has 0 fully saturated rings. The largest absolute Gasteiger partial charge is 0.497 e. The molecule has 0 aliphatic carbocycles. The van der Waals surface area contributed by atoms with Crippen LogP contribution in [0.25, 0.3) is 5.69 Å². The lowest BCUT2D eigenvalue weighted by atomic mass is 10.1. The van der Waals surface area contributed by atoms with Crippen LogP contribution in [0.5, 0.6) is 5.75 Å². The molecular formula is C19H19Cl2N3O. The third-order valence-corrected chi connectivity index (χ3v) is 4.49. The van der Waals surface area contributed by atoms with E-state index in [0.717, 1.165) is 28.4 Å². The second-order valence-corrected chi connectivity index (χ2v) is 6.73. The van der Waals surface area contributed by atoms with Crippen LogP contribution in [0, 0.1) is 0 Å². The normalized spacial score (nSPS) is 12.2. The second-order valence-electron chi connectivity index (χ2n) is 5.88. The number of rotatable bonds is 5. The van der Waals surface area contributed by atoms with Crippen molar-refractivity contribution in [3.63, 3.8) is 0 Å². The van der Waals surface area contributed by atoms with Crippen molar-refractivity contribution in [2.75, 3.05) is 7.11 Å². The van der Waals surface area contributed by atoms with Gasteiger partial charge in [-0.2, -0.15) is 5.10 Å². The topological polar surface area (TPSA) is 53.1 Å². The third kappa shape index (κ3) is 3.98. The van der Waals surface area contributed by atoms with Crippen molar-refractivity contribution >= 4 is 23.2 Å². The molecule has 1 atom stereocenters. The Morgan fingerprint density at radius 1 is 1.12 bits per heavy atom. The SMILES string of the molecule is COc1ccc(Cc2cc(C(C)N)nn2-c2ccc(Cl)cc2Cl)cc1. The predicted octanol–water partition coefficient (Wildman–Crippen LogP) is 4.80. The Hall–Kier alpha value is -2.01. The number of methoxy groups -OCH3 is 1. The first kappa shape index (κ1) is 17.8. The number of benzene rings is 2. The van der Waals surface area contributed by atoms with Gasteiger partial charge in [0.1, 0.15) is 5.75 Å². The lowest BCUT2D eigenvalue weighted by Gasteiger charge is -2.10. The molecule has 0 aliphatic rings. The summed E-state index contributed by atoms with van der Waals surface area (Å²) in [6, 6.07) is 15.2. The van der Waals surface area contributed by atoms with E-state index in [-0.39, 0.29) is 6.04 Å². The molecule has 0 amide bonds. The number of aromatic nitrogens is 2. The highest BCUT2D eigenvalue weighted by Crippen LogP contribution is 2.27. The van der Waals surface area contributed by atoms with Crippen LogP contribution in [0.15, 0.2) is 48.5 Å². The van der Waals surface area contributed by atoms with Gasteiger partial charge in [-0.1, -0.05) is 35.3 Å². The van der Waals surface area contributed by atoms with Crippen molar-refractivity contribution in [3.05, 3.63) is 75.5 Å². The number of halogens is 2. The molecule has 3 aromatic rings. The molecule has 25 heavy (non-hydrogen) atoms. The van der Waals surface area contributed by atoms with Crippen LogP contribution < -0.4 is 10.5 Å². The van der Waals surface area contributed by atoms with Gasteiger partial charge >= 0.3 is 0 Å². The molecule has 0 bridgehead atoms. The molecule has 4 nitrogen and oxygen atoms in total. The van der Waals surface area contributed by atoms with Gasteiger partial charge in [-0.15, -0.1) is 0 Å². The van der Waals surface area contributed by atoms with E-state index in [4.69, 9.17) is 33.7 Å². The van der Waals surface area contributed by atoms with E-state index in [0.29, 0.717) is 16.5 Å². The van der Waals surface area contributed by atoms with Crippen LogP contribution in [0.4, 0.5) is 0 Å². The summed E-state index contributed by atoms with van der Waals surface area (Å²) >= 11 is 12.4. The minimum Gasteiger partial charge on any atom is -0.497 e. The maximum atomic E-state index is 6.37. The summed E-state index contributed by atoms with van der Waals surface area (Å²) in [5.74, 6) is 0.828. The molecule has 0 spiro atoms. The lowest BCUT2D eigenvalue weighted by Crippen LogP contribution is -2.07. The van der Waals surface area contributed by atoms with E-state index < -0.39 is 0 Å². The Morgan fingerprint density at radius 2 is 1.84 bits per heavy atom. The average Bonchev–Trinajstić information content (AvgIpc) is 2.99. The molecule has 1 heterocycles. The zero-order chi connectivity index (χ0) is 18.0. The molecular weight excluding hydrogens is 357 g/mol. The van der Waals surface area contributed by atoms with E-state index in [1.165, 1.54) is 0 Å². The maximum absolute atomic E-state index is 6.37. The van der Waals surface area contributed by atoms with Gasteiger partial charge in [0.25, 0.3) is 0 Å². The lowest BCUT2D eigenvalue weighted by molar-refractivity contribution is 0.414. The van der Waals surface area contributed by atoms with E-state index in [2.05, 4.69) is 5.10 Å². The van der Waals surface area contributed by atoms with Crippen LogP contribution in [-0.4, -0.2) is 16.9 Å². The summed E-state index contributed by atoms with van der Waals surface area (Å²) in [6.45, 7) is 1.91. The number of ether oxygens (including phenoxy) is 1. The molecule has 0 radical (unpaired) electrons. The molecule has 2 N–H and O–H groups in total. The molecule has 1 unspecified atom stereocenters. The summed E-state index contributed by atoms with van der Waals surface area (Å²) in [4.78, 5) is 0. The van der Waals surface area contributed by atoms with Crippen molar-refractivity contribution in [2.24, 2.45) is 5.73 Å². The minimum atomic E-state index is -0.165. The molecule has 2 aromatic carbocycles. The highest BCUT2D eigenvalue weighted by molar-refractivity contribution is 6.35. The summed E-state index contributed by atoms with van der Waals surface area (Å²) in [5, 5.41) is 5.77. The average molecular weight is 376 g/mol. The van der Waals surface area contributed by atoms with E-state index >= 15 is 0 Å². The zero-order valence-electron chi connectivity index (χ0n) is 14.0. The third-order valence-electron chi connectivity index (χ3n) is 3.95. The smallest absolute Gasteiger partial charge is 0.118 e. The Bertz CT molecular complexity index is 873. The number of nitrogens with two attached hydrogens (primary N) is 1. The molecule has 3 rings (SSSR count). The van der Waals surface area contributed by atoms with Crippen LogP contribution in [0.2, 0.25) is 10.0 Å². The molecule has 1 aromatic heterocycles. The maximum Gasteiger partial charge on any atom is 0.118 e. The Kier molecular flexibility index (Phi) is 5.33. The summed E-state index contributed by atoms with van der Waals surface area (Å²) in [6.07, 6.45) is 0.697. The van der Waals surface area contributed by atoms with Crippen molar-refractivity contribution < 1.29 is 4.74 Å². The summed E-state index contributed by atoms with van der Waals surface area (Å²) < 4.78 is 7.05. The molecule has 0 saturated carbocycles. The van der Waals surface area contributed by atoms with Gasteiger partial charge in [-0.25, -0.2) is 4.68 Å². The van der Waals surface area contributed by atoms with E-state index in [9.17, 15) is 0 Å². The quantitative estimate of drug-likeness (QED) is 0.696. The molecule has 6 heteroatoms. The van der Waals surface area contributed by atoms with Gasteiger partial charge < -0.3 is 10.5 Å². The van der Waals surface area contributed by atoms with E-state index in [1.807, 2.05) is 48.0 Å². The zero-order valence-corrected chi connectivity index (χ0v) is 15.6. The van der Waals surface area contributed by atoms with Gasteiger partial charge in [0.05, 0.1) is 23.5 Å². The molecule has 0 aliphatic heterocycles. The van der Waals surface area contributed by atoms with Crippen LogP contribution in [0.1, 0.15) is 29.9 Å². The first-order chi connectivity index (χ1) is 12.0. The highest BCUT2D eigenvalue weighted by atomic mass is 35.5. The van der Waals surface area contributed by atoms with Gasteiger partial charge in [0.15, 0.2) is 0 Å². The predicted molar refractivity (Wildman–Crippen MR) is 102 cm³/mol. The standard InChI is InChI=1S/C19H19Cl2N3O/c1-12(22)18-11-15(9-13-3-6-16(25-2)7-4-13)24(23-18)19-8-5-14(20)10-17(19)21/h3-8,10-12H,9,22H2,1-2H3. The van der Waals surface area contributed by atoms with Gasteiger partial charge in [-0.3, -0.25) is 0 Å². The second kappa shape index (κ2) is 7.48. The Morgan fingerprint density at radius 3 is 2.44 bits per heavy atom. The van der Waals surface area contributed by atoms with Crippen LogP contribution >= 0.6 is 23.2 Å². The molecule has 130 valence electrons. The van der Waals surface area contributed by atoms with Crippen molar-refractivity contribution in [1.82, 2.24) is 9.78 Å². The first-order valence-electron chi connectivity index (χ1n) is 7.90. The number of nitrogens with zero attached hydrogens (tertiary/aromatic N) is 2.